The molecule has 0 aliphatic carbocycles. The molecule has 0 fully saturated rings. The van der Waals surface area contributed by atoms with Gasteiger partial charge in [0.1, 0.15) is 17.8 Å². The van der Waals surface area contributed by atoms with Crippen LogP contribution in [-0.2, 0) is 0 Å². The lowest BCUT2D eigenvalue weighted by Crippen LogP contribution is -2.30. The first-order valence-corrected chi connectivity index (χ1v) is 7.96. The topological polar surface area (TPSA) is 118 Å². The number of aryl methyl sites for hydroxylation is 2. The molecule has 8 nitrogen and oxygen atoms in total. The van der Waals surface area contributed by atoms with Crippen molar-refractivity contribution in [2.75, 3.05) is 16.5 Å². The molecule has 0 saturated heterocycles. The highest BCUT2D eigenvalue weighted by Crippen LogP contribution is 2.24. The average Bonchev–Trinajstić information content (AvgIpc) is 2.64. The lowest BCUT2D eigenvalue weighted by atomic mass is 10.1. The van der Waals surface area contributed by atoms with Gasteiger partial charge in [0.05, 0.1) is 0 Å². The number of amides is 1. The van der Waals surface area contributed by atoms with Crippen LogP contribution >= 0.6 is 0 Å². The highest BCUT2D eigenvalue weighted by Gasteiger charge is 2.11. The van der Waals surface area contributed by atoms with Crippen LogP contribution in [0.25, 0.3) is 0 Å². The van der Waals surface area contributed by atoms with E-state index in [9.17, 15) is 4.79 Å². The van der Waals surface area contributed by atoms with Crippen LogP contribution in [0.4, 0.5) is 23.1 Å². The first kappa shape index (κ1) is 17.2. The van der Waals surface area contributed by atoms with Crippen LogP contribution in [0.15, 0.2) is 48.9 Å². The molecule has 0 aliphatic rings. The number of nitrogens with one attached hydrogen (secondary N) is 3. The first-order chi connectivity index (χ1) is 12.5. The third-order valence-electron chi connectivity index (χ3n) is 3.73. The Morgan fingerprint density at radius 3 is 2.50 bits per heavy atom. The lowest BCUT2D eigenvalue weighted by molar-refractivity contribution is 0.0962. The third-order valence-corrected chi connectivity index (χ3v) is 3.73. The Kier molecular flexibility index (Phi) is 4.93. The molecule has 5 N–H and O–H groups in total. The standard InChI is InChI=1S/C18H19N7O/c1-11-7-8-14(20-9-11)23-16-15(19)17(22-10-21-16)24-25-18(26)13-6-4-3-5-12(13)2/h3-10H,19H2,1-2H3,(H,25,26)(H2,20,21,22,23,24). The van der Waals surface area contributed by atoms with Gasteiger partial charge in [0.25, 0.3) is 5.91 Å². The molecular formula is C18H19N7O. The van der Waals surface area contributed by atoms with Crippen LogP contribution in [0.5, 0.6) is 0 Å². The number of hydrogen-bond donors (Lipinski definition) is 4. The Labute approximate surface area is 150 Å². The van der Waals surface area contributed by atoms with Gasteiger partial charge in [0.15, 0.2) is 11.6 Å². The molecule has 2 heterocycles. The molecule has 8 heteroatoms. The molecule has 3 rings (SSSR count). The highest BCUT2D eigenvalue weighted by molar-refractivity contribution is 5.96. The Balaban J connectivity index is 1.72. The van der Waals surface area contributed by atoms with Gasteiger partial charge in [0.2, 0.25) is 0 Å². The number of nitrogen functional groups attached to an aromatic ring is 1. The van der Waals surface area contributed by atoms with E-state index < -0.39 is 0 Å². The van der Waals surface area contributed by atoms with Gasteiger partial charge in [-0.15, -0.1) is 0 Å². The molecule has 0 aliphatic heterocycles. The summed E-state index contributed by atoms with van der Waals surface area (Å²) in [4.78, 5) is 24.7. The molecule has 0 atom stereocenters. The average molecular weight is 349 g/mol. The molecule has 0 radical (unpaired) electrons. The largest absolute Gasteiger partial charge is 0.393 e. The Bertz CT molecular complexity index is 925. The van der Waals surface area contributed by atoms with Crippen LogP contribution in [0.3, 0.4) is 0 Å². The molecule has 3 aromatic rings. The predicted molar refractivity (Wildman–Crippen MR) is 101 cm³/mol. The normalized spacial score (nSPS) is 10.2. The van der Waals surface area contributed by atoms with E-state index in [-0.39, 0.29) is 17.4 Å². The highest BCUT2D eigenvalue weighted by atomic mass is 16.2. The van der Waals surface area contributed by atoms with Gasteiger partial charge in [-0.2, -0.15) is 0 Å². The minimum Gasteiger partial charge on any atom is -0.393 e. The number of benzene rings is 1. The van der Waals surface area contributed by atoms with E-state index in [1.807, 2.05) is 38.1 Å². The zero-order chi connectivity index (χ0) is 18.5. The maximum Gasteiger partial charge on any atom is 0.269 e. The van der Waals surface area contributed by atoms with Crippen molar-refractivity contribution in [3.8, 4) is 0 Å². The van der Waals surface area contributed by atoms with E-state index in [4.69, 9.17) is 5.73 Å². The molecule has 1 amide bonds. The van der Waals surface area contributed by atoms with Gasteiger partial charge in [-0.25, -0.2) is 15.0 Å². The second-order valence-corrected chi connectivity index (χ2v) is 5.72. The summed E-state index contributed by atoms with van der Waals surface area (Å²) in [7, 11) is 0. The number of carbonyl (C=O) groups excluding carboxylic acids is 1. The third kappa shape index (κ3) is 3.86. The van der Waals surface area contributed by atoms with E-state index in [1.165, 1.54) is 6.33 Å². The van der Waals surface area contributed by atoms with Gasteiger partial charge in [-0.3, -0.25) is 15.6 Å². The van der Waals surface area contributed by atoms with Crippen LogP contribution in [0.1, 0.15) is 21.5 Å². The van der Waals surface area contributed by atoms with E-state index in [2.05, 4.69) is 31.1 Å². The minimum atomic E-state index is -0.282. The van der Waals surface area contributed by atoms with E-state index in [0.29, 0.717) is 17.2 Å². The van der Waals surface area contributed by atoms with Crippen LogP contribution in [-0.4, -0.2) is 20.9 Å². The number of nitrogens with zero attached hydrogens (tertiary/aromatic N) is 3. The number of aromatic nitrogens is 3. The summed E-state index contributed by atoms with van der Waals surface area (Å²) in [5.74, 6) is 1.01. The summed E-state index contributed by atoms with van der Waals surface area (Å²) in [6, 6.07) is 11.0. The van der Waals surface area contributed by atoms with Crippen LogP contribution in [0.2, 0.25) is 0 Å². The molecule has 1 aromatic carbocycles. The summed E-state index contributed by atoms with van der Waals surface area (Å²) in [6.07, 6.45) is 3.08. The van der Waals surface area contributed by atoms with Gasteiger partial charge >= 0.3 is 0 Å². The van der Waals surface area contributed by atoms with Crippen molar-refractivity contribution in [2.24, 2.45) is 0 Å². The van der Waals surface area contributed by atoms with E-state index in [0.717, 1.165) is 11.1 Å². The van der Waals surface area contributed by atoms with Crippen molar-refractivity contribution in [1.29, 1.82) is 0 Å². The number of carbonyl (C=O) groups is 1. The zero-order valence-corrected chi connectivity index (χ0v) is 14.4. The second kappa shape index (κ2) is 7.47. The fourth-order valence-corrected chi connectivity index (χ4v) is 2.27. The second-order valence-electron chi connectivity index (χ2n) is 5.72. The van der Waals surface area contributed by atoms with Gasteiger partial charge in [0, 0.05) is 11.8 Å². The lowest BCUT2D eigenvalue weighted by Gasteiger charge is -2.13. The summed E-state index contributed by atoms with van der Waals surface area (Å²) in [5, 5.41) is 3.03. The molecule has 26 heavy (non-hydrogen) atoms. The number of nitrogens with two attached hydrogens (primary N) is 1. The maximum absolute atomic E-state index is 12.3. The Morgan fingerprint density at radius 1 is 1.00 bits per heavy atom. The fourth-order valence-electron chi connectivity index (χ4n) is 2.27. The minimum absolute atomic E-state index is 0.264. The summed E-state index contributed by atoms with van der Waals surface area (Å²) >= 11 is 0. The predicted octanol–water partition coefficient (Wildman–Crippen LogP) is 2.57. The van der Waals surface area contributed by atoms with Crippen molar-refractivity contribution >= 4 is 29.0 Å². The molecule has 0 saturated carbocycles. The molecule has 132 valence electrons. The van der Waals surface area contributed by atoms with Crippen LogP contribution < -0.4 is 21.9 Å². The number of hydrazine groups is 1. The van der Waals surface area contributed by atoms with Gasteiger partial charge in [-0.1, -0.05) is 24.3 Å². The van der Waals surface area contributed by atoms with Crippen molar-refractivity contribution in [2.45, 2.75) is 13.8 Å². The number of anilines is 4. The van der Waals surface area contributed by atoms with Crippen molar-refractivity contribution < 1.29 is 4.79 Å². The van der Waals surface area contributed by atoms with E-state index >= 15 is 0 Å². The molecule has 0 unspecified atom stereocenters. The zero-order valence-electron chi connectivity index (χ0n) is 14.4. The van der Waals surface area contributed by atoms with Crippen molar-refractivity contribution in [3.05, 3.63) is 65.6 Å². The smallest absolute Gasteiger partial charge is 0.269 e. The Morgan fingerprint density at radius 2 is 1.77 bits per heavy atom. The van der Waals surface area contributed by atoms with Gasteiger partial charge in [-0.05, 0) is 37.1 Å². The monoisotopic (exact) mass is 349 g/mol. The Hall–Kier alpha value is -3.68. The van der Waals surface area contributed by atoms with E-state index in [1.54, 1.807) is 18.3 Å². The number of rotatable bonds is 5. The summed E-state index contributed by atoms with van der Waals surface area (Å²) in [6.45, 7) is 3.82. The molecule has 0 spiro atoms. The van der Waals surface area contributed by atoms with Crippen LogP contribution in [0, 0.1) is 13.8 Å². The fraction of sp³-hybridized carbons (Fsp3) is 0.111. The number of hydrogen-bond acceptors (Lipinski definition) is 7. The maximum atomic E-state index is 12.3. The molecule has 0 bridgehead atoms. The molecular weight excluding hydrogens is 330 g/mol. The first-order valence-electron chi connectivity index (χ1n) is 7.96. The SMILES string of the molecule is Cc1ccc(Nc2ncnc(NNC(=O)c3ccccc3C)c2N)nc1. The summed E-state index contributed by atoms with van der Waals surface area (Å²) < 4.78 is 0. The van der Waals surface area contributed by atoms with Crippen molar-refractivity contribution in [1.82, 2.24) is 20.4 Å². The summed E-state index contributed by atoms with van der Waals surface area (Å²) in [5.41, 5.74) is 14.2. The quantitative estimate of drug-likeness (QED) is 0.523. The van der Waals surface area contributed by atoms with Gasteiger partial charge < -0.3 is 11.1 Å². The number of pyridine rings is 1. The van der Waals surface area contributed by atoms with Crippen molar-refractivity contribution in [3.63, 3.8) is 0 Å². The molecule has 2 aromatic heterocycles.